The van der Waals surface area contributed by atoms with Crippen LogP contribution in [0.4, 0.5) is 0 Å². The second-order valence-electron chi connectivity index (χ2n) is 6.48. The fourth-order valence-corrected chi connectivity index (χ4v) is 3.29. The molecule has 2 rings (SSSR count). The molecule has 1 aliphatic rings. The van der Waals surface area contributed by atoms with E-state index >= 15 is 0 Å². The molecule has 1 aromatic heterocycles. The molecule has 1 saturated heterocycles. The number of aromatic nitrogens is 1. The zero-order valence-electron chi connectivity index (χ0n) is 14.2. The third kappa shape index (κ3) is 2.30. The van der Waals surface area contributed by atoms with E-state index in [0.29, 0.717) is 5.69 Å². The van der Waals surface area contributed by atoms with Gasteiger partial charge in [0.25, 0.3) is 5.91 Å². The third-order valence-electron chi connectivity index (χ3n) is 4.67. The maximum Gasteiger partial charge on any atom is 0.326 e. The van der Waals surface area contributed by atoms with Crippen molar-refractivity contribution in [2.75, 3.05) is 7.05 Å². The van der Waals surface area contributed by atoms with Gasteiger partial charge in [0.1, 0.15) is 5.69 Å². The van der Waals surface area contributed by atoms with E-state index in [2.05, 4.69) is 5.32 Å². The predicted molar refractivity (Wildman–Crippen MR) is 83.5 cm³/mol. The van der Waals surface area contributed by atoms with Crippen molar-refractivity contribution in [3.63, 3.8) is 0 Å². The highest BCUT2D eigenvalue weighted by Crippen LogP contribution is 2.44. The van der Waals surface area contributed by atoms with E-state index in [-0.39, 0.29) is 18.3 Å². The van der Waals surface area contributed by atoms with Crippen molar-refractivity contribution in [3.8, 4) is 0 Å². The van der Waals surface area contributed by atoms with Gasteiger partial charge in [0.05, 0.1) is 5.50 Å². The minimum Gasteiger partial charge on any atom is -0.404 e. The van der Waals surface area contributed by atoms with Crippen molar-refractivity contribution >= 4 is 12.8 Å². The Bertz CT molecular complexity index is 594. The van der Waals surface area contributed by atoms with E-state index in [4.69, 9.17) is 9.39 Å². The maximum atomic E-state index is 12.1. The van der Waals surface area contributed by atoms with Crippen LogP contribution in [0.25, 0.3) is 0 Å². The Morgan fingerprint density at radius 1 is 1.29 bits per heavy atom. The molecule has 0 aromatic carbocycles. The molecule has 1 unspecified atom stereocenters. The number of amides is 1. The molecule has 0 saturated carbocycles. The lowest BCUT2D eigenvalue weighted by Crippen LogP contribution is -2.34. The third-order valence-corrected chi connectivity index (χ3v) is 4.67. The number of ether oxygens (including phenoxy) is 1. The zero-order valence-corrected chi connectivity index (χ0v) is 14.2. The van der Waals surface area contributed by atoms with Crippen LogP contribution in [0, 0.1) is 13.8 Å². The summed E-state index contributed by atoms with van der Waals surface area (Å²) in [6, 6.07) is 0. The first kappa shape index (κ1) is 16.1. The Kier molecular flexibility index (Phi) is 3.75. The Morgan fingerprint density at radius 2 is 1.86 bits per heavy atom. The van der Waals surface area contributed by atoms with Gasteiger partial charge in [-0.25, -0.2) is 0 Å². The Hall–Kier alpha value is -1.27. The Labute approximate surface area is 127 Å². The van der Waals surface area contributed by atoms with E-state index in [9.17, 15) is 4.79 Å². The molecule has 0 aliphatic carbocycles. The first-order valence-electron chi connectivity index (χ1n) is 7.31. The summed E-state index contributed by atoms with van der Waals surface area (Å²) < 4.78 is 14.2. The molecule has 0 bridgehead atoms. The van der Waals surface area contributed by atoms with Gasteiger partial charge in [-0.05, 0) is 40.2 Å². The van der Waals surface area contributed by atoms with Crippen LogP contribution in [0.2, 0.25) is 6.82 Å². The van der Waals surface area contributed by atoms with Crippen molar-refractivity contribution in [2.24, 2.45) is 7.05 Å². The quantitative estimate of drug-likeness (QED) is 0.850. The van der Waals surface area contributed by atoms with Crippen molar-refractivity contribution < 1.29 is 14.2 Å². The number of rotatable bonds is 2. The maximum absolute atomic E-state index is 12.1. The number of nitrogens with zero attached hydrogens (tertiary/aromatic N) is 1. The van der Waals surface area contributed by atoms with Gasteiger partial charge in [-0.15, -0.1) is 0 Å². The molecule has 1 aromatic rings. The van der Waals surface area contributed by atoms with Crippen molar-refractivity contribution in [1.29, 1.82) is 0 Å². The van der Waals surface area contributed by atoms with Gasteiger partial charge in [-0.1, -0.05) is 6.82 Å². The summed E-state index contributed by atoms with van der Waals surface area (Å²) in [5.41, 5.74) is 3.12. The first-order chi connectivity index (χ1) is 9.55. The Morgan fingerprint density at radius 3 is 2.29 bits per heavy atom. The lowest BCUT2D eigenvalue weighted by atomic mass is 9.57. The number of hydrogen-bond donors (Lipinski definition) is 1. The average molecular weight is 292 g/mol. The summed E-state index contributed by atoms with van der Waals surface area (Å²) in [6.07, 6.45) is 0. The highest BCUT2D eigenvalue weighted by atomic mass is 16.7. The van der Waals surface area contributed by atoms with Crippen LogP contribution < -0.4 is 5.32 Å². The summed E-state index contributed by atoms with van der Waals surface area (Å²) in [6.45, 7) is 11.9. The second kappa shape index (κ2) is 4.88. The normalized spacial score (nSPS) is 24.5. The summed E-state index contributed by atoms with van der Waals surface area (Å²) in [5.74, 6) is -0.931. The minimum atomic E-state index is -0.832. The number of carbonyl (C=O) groups excluding carboxylic acids is 1. The highest BCUT2D eigenvalue weighted by Gasteiger charge is 2.52. The van der Waals surface area contributed by atoms with Gasteiger partial charge in [0.2, 0.25) is 0 Å². The molecule has 1 amide bonds. The number of hydrogen-bond acceptors (Lipinski definition) is 3. The lowest BCUT2D eigenvalue weighted by Gasteiger charge is -2.28. The summed E-state index contributed by atoms with van der Waals surface area (Å²) >= 11 is 0. The fraction of sp³-hybridized carbons (Fsp3) is 0.667. The van der Waals surface area contributed by atoms with Crippen LogP contribution in [0.15, 0.2) is 0 Å². The monoisotopic (exact) mass is 292 g/mol. The van der Waals surface area contributed by atoms with Crippen molar-refractivity contribution in [3.05, 3.63) is 22.5 Å². The lowest BCUT2D eigenvalue weighted by molar-refractivity contribution is -0.171. The van der Waals surface area contributed by atoms with Gasteiger partial charge in [0, 0.05) is 25.4 Å². The van der Waals surface area contributed by atoms with Crippen LogP contribution in [0.5, 0.6) is 0 Å². The van der Waals surface area contributed by atoms with Crippen molar-refractivity contribution in [2.45, 2.75) is 52.7 Å². The first-order valence-corrected chi connectivity index (χ1v) is 7.31. The molecule has 0 radical (unpaired) electrons. The van der Waals surface area contributed by atoms with E-state index in [1.807, 2.05) is 53.1 Å². The van der Waals surface area contributed by atoms with Crippen LogP contribution in [-0.4, -0.2) is 29.9 Å². The molecule has 0 spiro atoms. The Balaban J connectivity index is 2.59. The summed E-state index contributed by atoms with van der Waals surface area (Å²) in [5, 5.41) is 2.69. The van der Waals surface area contributed by atoms with E-state index in [1.165, 1.54) is 0 Å². The molecule has 2 heterocycles. The molecule has 6 heteroatoms. The largest absolute Gasteiger partial charge is 0.404 e. The smallest absolute Gasteiger partial charge is 0.326 e. The molecule has 1 aliphatic heterocycles. The molecular formula is C15H25BN2O3. The second-order valence-corrected chi connectivity index (χ2v) is 6.48. The SMILES string of the molecule is CNC(=O)c1c(C)c(C2(C)OB(C)C(C)(C)O2)c(C)n1C. The average Bonchev–Trinajstić information content (AvgIpc) is 2.71. The highest BCUT2D eigenvalue weighted by molar-refractivity contribution is 6.54. The van der Waals surface area contributed by atoms with Crippen LogP contribution >= 0.6 is 0 Å². The van der Waals surface area contributed by atoms with Gasteiger partial charge in [-0.3, -0.25) is 4.79 Å². The molecular weight excluding hydrogens is 267 g/mol. The molecule has 1 fully saturated rings. The molecule has 1 atom stereocenters. The molecule has 116 valence electrons. The van der Waals surface area contributed by atoms with Crippen LogP contribution in [-0.2, 0) is 22.2 Å². The summed E-state index contributed by atoms with van der Waals surface area (Å²) in [7, 11) is 3.53. The van der Waals surface area contributed by atoms with E-state index < -0.39 is 5.79 Å². The molecule has 1 N–H and O–H groups in total. The summed E-state index contributed by atoms with van der Waals surface area (Å²) in [4.78, 5) is 12.1. The van der Waals surface area contributed by atoms with Gasteiger partial charge in [0.15, 0.2) is 5.79 Å². The minimum absolute atomic E-state index is 0.0232. The van der Waals surface area contributed by atoms with Crippen LogP contribution in [0.3, 0.4) is 0 Å². The predicted octanol–water partition coefficient (Wildman–Crippen LogP) is 2.16. The van der Waals surface area contributed by atoms with E-state index in [1.54, 1.807) is 7.05 Å². The van der Waals surface area contributed by atoms with Gasteiger partial charge in [-0.2, -0.15) is 0 Å². The molecule has 5 nitrogen and oxygen atoms in total. The number of nitrogens with one attached hydrogen (secondary N) is 1. The number of carbonyl (C=O) groups is 1. The van der Waals surface area contributed by atoms with E-state index in [0.717, 1.165) is 16.8 Å². The molecule has 21 heavy (non-hydrogen) atoms. The van der Waals surface area contributed by atoms with Crippen molar-refractivity contribution in [1.82, 2.24) is 9.88 Å². The fourth-order valence-electron chi connectivity index (χ4n) is 3.29. The van der Waals surface area contributed by atoms with Gasteiger partial charge < -0.3 is 19.3 Å². The zero-order chi connectivity index (χ0) is 16.2. The standard InChI is InChI=1S/C15H25BN2O3/c1-9-11(10(2)18(8)12(9)13(19)17-7)15(5)20-14(3,4)16(6)21-15/h1-8H3,(H,17,19). The topological polar surface area (TPSA) is 52.5 Å². The van der Waals surface area contributed by atoms with Crippen LogP contribution in [0.1, 0.15) is 48.1 Å². The van der Waals surface area contributed by atoms with Gasteiger partial charge >= 0.3 is 6.92 Å².